The minimum atomic E-state index is -0.231. The van der Waals surface area contributed by atoms with Crippen LogP contribution in [0.2, 0.25) is 0 Å². The molecule has 0 fully saturated rings. The van der Waals surface area contributed by atoms with E-state index in [2.05, 4.69) is 24.3 Å². The fourth-order valence-electron chi connectivity index (χ4n) is 5.19. The molecule has 1 unspecified atom stereocenters. The van der Waals surface area contributed by atoms with E-state index in [1.807, 2.05) is 53.1 Å². The average Bonchev–Trinajstić information content (AvgIpc) is 3.26. The third kappa shape index (κ3) is 3.96. The van der Waals surface area contributed by atoms with Crippen molar-refractivity contribution in [1.82, 2.24) is 4.57 Å². The zero-order valence-corrected chi connectivity index (χ0v) is 21.7. The van der Waals surface area contributed by atoms with Crippen LogP contribution in [0.25, 0.3) is 11.8 Å². The molecular formula is C30H26N2O4S. The van der Waals surface area contributed by atoms with Gasteiger partial charge in [0.05, 0.1) is 37.6 Å². The number of aryl methyl sites for hydroxylation is 1. The number of thiazole rings is 1. The van der Waals surface area contributed by atoms with Gasteiger partial charge in [-0.05, 0) is 59.9 Å². The average molecular weight is 511 g/mol. The predicted octanol–water partition coefficient (Wildman–Crippen LogP) is 4.34. The van der Waals surface area contributed by atoms with Crippen molar-refractivity contribution in [1.29, 1.82) is 0 Å². The second-order valence-electron chi connectivity index (χ2n) is 8.99. The maximum absolute atomic E-state index is 13.9. The van der Waals surface area contributed by atoms with Gasteiger partial charge in [-0.2, -0.15) is 0 Å². The summed E-state index contributed by atoms with van der Waals surface area (Å²) in [5.41, 5.74) is 6.38. The Morgan fingerprint density at radius 3 is 2.43 bits per heavy atom. The number of nitrogens with zero attached hydrogens (tertiary/aromatic N) is 2. The number of hydrogen-bond acceptors (Lipinski definition) is 6. The highest BCUT2D eigenvalue weighted by Gasteiger charge is 2.32. The first-order valence-corrected chi connectivity index (χ1v) is 12.9. The third-order valence-electron chi connectivity index (χ3n) is 7.03. The van der Waals surface area contributed by atoms with Gasteiger partial charge < -0.3 is 14.2 Å². The molecular weight excluding hydrogens is 484 g/mol. The van der Waals surface area contributed by atoms with E-state index in [1.54, 1.807) is 21.3 Å². The van der Waals surface area contributed by atoms with Gasteiger partial charge in [-0.3, -0.25) is 9.36 Å². The highest BCUT2D eigenvalue weighted by molar-refractivity contribution is 7.07. The van der Waals surface area contributed by atoms with Gasteiger partial charge in [0.15, 0.2) is 4.80 Å². The Hall–Kier alpha value is -4.10. The molecule has 186 valence electrons. The van der Waals surface area contributed by atoms with Gasteiger partial charge in [-0.15, -0.1) is 0 Å². The summed E-state index contributed by atoms with van der Waals surface area (Å²) in [7, 11) is 4.89. The van der Waals surface area contributed by atoms with E-state index >= 15 is 0 Å². The molecule has 1 atom stereocenters. The van der Waals surface area contributed by atoms with Crippen LogP contribution in [0.15, 0.2) is 82.1 Å². The fraction of sp³-hybridized carbons (Fsp3) is 0.200. The Morgan fingerprint density at radius 2 is 1.68 bits per heavy atom. The second kappa shape index (κ2) is 9.41. The number of rotatable bonds is 5. The lowest BCUT2D eigenvalue weighted by Gasteiger charge is -2.30. The van der Waals surface area contributed by atoms with Crippen LogP contribution in [0.4, 0.5) is 0 Å². The summed E-state index contributed by atoms with van der Waals surface area (Å²) in [5, 5.41) is 0. The van der Waals surface area contributed by atoms with E-state index in [0.29, 0.717) is 20.8 Å². The highest BCUT2D eigenvalue weighted by atomic mass is 32.1. The quantitative estimate of drug-likeness (QED) is 0.401. The van der Waals surface area contributed by atoms with Crippen LogP contribution in [0.5, 0.6) is 17.2 Å². The van der Waals surface area contributed by atoms with Crippen molar-refractivity contribution >= 4 is 23.1 Å². The zero-order chi connectivity index (χ0) is 25.5. The topological polar surface area (TPSA) is 62.0 Å². The standard InChI is InChI=1S/C30H26N2O4S/c1-34-21-12-8-19(9-13-21)28-24-15-11-18-6-4-5-7-23(18)27(24)31-30-32(28)29(33)26(37-30)16-20-10-14-22(35-2)17-25(20)36-3/h4-10,12-14,16-17,28H,11,15H2,1-3H3. The Labute approximate surface area is 218 Å². The van der Waals surface area contributed by atoms with Gasteiger partial charge in [0.25, 0.3) is 5.56 Å². The van der Waals surface area contributed by atoms with Gasteiger partial charge in [-0.1, -0.05) is 47.7 Å². The molecule has 0 amide bonds. The maximum atomic E-state index is 13.9. The molecule has 4 aromatic rings. The van der Waals surface area contributed by atoms with Crippen molar-refractivity contribution in [3.05, 3.63) is 114 Å². The summed E-state index contributed by atoms with van der Waals surface area (Å²) in [4.78, 5) is 19.7. The van der Waals surface area contributed by atoms with Crippen LogP contribution in [0, 0.1) is 0 Å². The van der Waals surface area contributed by atoms with Gasteiger partial charge in [0.2, 0.25) is 0 Å². The predicted molar refractivity (Wildman–Crippen MR) is 145 cm³/mol. The van der Waals surface area contributed by atoms with Crippen molar-refractivity contribution in [2.24, 2.45) is 4.99 Å². The molecule has 2 heterocycles. The molecule has 0 radical (unpaired) electrons. The zero-order valence-electron chi connectivity index (χ0n) is 20.9. The van der Waals surface area contributed by atoms with Crippen LogP contribution in [-0.2, 0) is 6.42 Å². The van der Waals surface area contributed by atoms with Crippen LogP contribution in [0.1, 0.15) is 34.7 Å². The first kappa shape index (κ1) is 23.3. The number of methoxy groups -OCH3 is 3. The highest BCUT2D eigenvalue weighted by Crippen LogP contribution is 2.41. The van der Waals surface area contributed by atoms with E-state index in [0.717, 1.165) is 41.0 Å². The van der Waals surface area contributed by atoms with Crippen molar-refractivity contribution in [2.45, 2.75) is 18.9 Å². The van der Waals surface area contributed by atoms with Crippen LogP contribution in [0.3, 0.4) is 0 Å². The SMILES string of the molecule is COc1ccc(C2C3=C(N=c4sc(=Cc5ccc(OC)cc5OC)c(=O)n42)c2ccccc2CC3)cc1. The Balaban J connectivity index is 1.59. The molecule has 1 aromatic heterocycles. The summed E-state index contributed by atoms with van der Waals surface area (Å²) in [5.74, 6) is 2.12. The first-order chi connectivity index (χ1) is 18.1. The molecule has 0 N–H and O–H groups in total. The number of fused-ring (bicyclic) bond motifs is 3. The first-order valence-electron chi connectivity index (χ1n) is 12.1. The Morgan fingerprint density at radius 1 is 0.919 bits per heavy atom. The van der Waals surface area contributed by atoms with Crippen molar-refractivity contribution in [3.8, 4) is 17.2 Å². The van der Waals surface area contributed by atoms with E-state index in [9.17, 15) is 4.79 Å². The summed E-state index contributed by atoms with van der Waals surface area (Å²) < 4.78 is 18.7. The molecule has 0 bridgehead atoms. The molecule has 37 heavy (non-hydrogen) atoms. The molecule has 7 heteroatoms. The van der Waals surface area contributed by atoms with E-state index in [1.165, 1.54) is 22.5 Å². The third-order valence-corrected chi connectivity index (χ3v) is 8.01. The minimum absolute atomic E-state index is 0.0622. The molecule has 0 saturated heterocycles. The molecule has 1 aliphatic heterocycles. The lowest BCUT2D eigenvalue weighted by atomic mass is 9.83. The molecule has 6 nitrogen and oxygen atoms in total. The van der Waals surface area contributed by atoms with E-state index < -0.39 is 0 Å². The van der Waals surface area contributed by atoms with Crippen molar-refractivity contribution in [3.63, 3.8) is 0 Å². The monoisotopic (exact) mass is 510 g/mol. The van der Waals surface area contributed by atoms with Crippen molar-refractivity contribution in [2.75, 3.05) is 21.3 Å². The number of aromatic nitrogens is 1. The van der Waals surface area contributed by atoms with Gasteiger partial charge in [-0.25, -0.2) is 4.99 Å². The number of allylic oxidation sites excluding steroid dienone is 1. The van der Waals surface area contributed by atoms with Crippen molar-refractivity contribution < 1.29 is 14.2 Å². The summed E-state index contributed by atoms with van der Waals surface area (Å²) in [6.07, 6.45) is 3.65. The van der Waals surface area contributed by atoms with Gasteiger partial charge >= 0.3 is 0 Å². The maximum Gasteiger partial charge on any atom is 0.271 e. The smallest absolute Gasteiger partial charge is 0.271 e. The van der Waals surface area contributed by atoms with Crippen LogP contribution < -0.4 is 29.1 Å². The van der Waals surface area contributed by atoms with Crippen LogP contribution in [-0.4, -0.2) is 25.9 Å². The molecule has 0 saturated carbocycles. The molecule has 6 rings (SSSR count). The number of ether oxygens (including phenoxy) is 3. The van der Waals surface area contributed by atoms with Crippen LogP contribution >= 0.6 is 11.3 Å². The van der Waals surface area contributed by atoms with Gasteiger partial charge in [0.1, 0.15) is 17.2 Å². The minimum Gasteiger partial charge on any atom is -0.497 e. The molecule has 0 spiro atoms. The fourth-order valence-corrected chi connectivity index (χ4v) is 6.18. The molecule has 1 aliphatic carbocycles. The molecule has 2 aliphatic rings. The van der Waals surface area contributed by atoms with E-state index in [4.69, 9.17) is 19.2 Å². The summed E-state index contributed by atoms with van der Waals surface area (Å²) in [6.45, 7) is 0. The largest absolute Gasteiger partial charge is 0.497 e. The lowest BCUT2D eigenvalue weighted by Crippen LogP contribution is -2.38. The number of hydrogen-bond donors (Lipinski definition) is 0. The Bertz CT molecular complexity index is 1710. The Kier molecular flexibility index (Phi) is 5.93. The molecule has 3 aromatic carbocycles. The summed E-state index contributed by atoms with van der Waals surface area (Å²) in [6, 6.07) is 21.8. The number of benzene rings is 3. The lowest BCUT2D eigenvalue weighted by molar-refractivity contribution is 0.393. The summed E-state index contributed by atoms with van der Waals surface area (Å²) >= 11 is 1.40. The van der Waals surface area contributed by atoms with E-state index in [-0.39, 0.29) is 11.6 Å². The normalized spacial score (nSPS) is 16.4. The van der Waals surface area contributed by atoms with Gasteiger partial charge in [0, 0.05) is 17.2 Å². The second-order valence-corrected chi connectivity index (χ2v) is 10.0.